The summed E-state index contributed by atoms with van der Waals surface area (Å²) in [6.07, 6.45) is -10.7. The summed E-state index contributed by atoms with van der Waals surface area (Å²) >= 11 is 0. The highest BCUT2D eigenvalue weighted by Gasteiger charge is 2.44. The van der Waals surface area contributed by atoms with Crippen molar-refractivity contribution in [3.05, 3.63) is 70.8 Å². The molecule has 0 bridgehead atoms. The molecule has 3 rings (SSSR count). The van der Waals surface area contributed by atoms with Crippen LogP contribution >= 0.6 is 0 Å². The minimum Gasteiger partial charge on any atom is -0.444 e. The number of nitrogens with zero attached hydrogens (tertiary/aromatic N) is 2. The van der Waals surface area contributed by atoms with E-state index in [9.17, 15) is 35.9 Å². The lowest BCUT2D eigenvalue weighted by atomic mass is 9.94. The van der Waals surface area contributed by atoms with Gasteiger partial charge in [-0.15, -0.1) is 0 Å². The smallest absolute Gasteiger partial charge is 0.416 e. The first-order valence-electron chi connectivity index (χ1n) is 11.6. The molecule has 1 aliphatic heterocycles. The standard InChI is InChI=1S/C26H28F6N2O4/c1-24(2,3)38-23(36)34-13-21(35)33(4)20(22(34)17-8-6-5-7-9-17)15-37-14-16-10-18(25(27,28)29)12-19(11-16)26(30,31)32/h5-12,20,22H,13-15H2,1-4H3/t20-,22+/m1/s1. The van der Waals surface area contributed by atoms with Crippen molar-refractivity contribution in [3.63, 3.8) is 0 Å². The maximum atomic E-state index is 13.2. The van der Waals surface area contributed by atoms with Crippen LogP contribution in [-0.2, 0) is 33.2 Å². The van der Waals surface area contributed by atoms with Crippen LogP contribution in [0.4, 0.5) is 31.1 Å². The summed E-state index contributed by atoms with van der Waals surface area (Å²) < 4.78 is 90.4. The number of piperazine rings is 1. The average molecular weight is 547 g/mol. The molecule has 6 nitrogen and oxygen atoms in total. The minimum atomic E-state index is -4.99. The van der Waals surface area contributed by atoms with Crippen molar-refractivity contribution in [2.75, 3.05) is 20.2 Å². The molecular weight excluding hydrogens is 518 g/mol. The number of rotatable bonds is 5. The lowest BCUT2D eigenvalue weighted by Gasteiger charge is -2.45. The summed E-state index contributed by atoms with van der Waals surface area (Å²) in [4.78, 5) is 28.4. The number of hydrogen-bond acceptors (Lipinski definition) is 4. The Hall–Kier alpha value is -3.28. The fourth-order valence-electron chi connectivity index (χ4n) is 4.11. The summed E-state index contributed by atoms with van der Waals surface area (Å²) in [7, 11) is 1.49. The van der Waals surface area contributed by atoms with Crippen LogP contribution in [-0.4, -0.2) is 53.6 Å². The zero-order valence-electron chi connectivity index (χ0n) is 21.2. The van der Waals surface area contributed by atoms with E-state index in [1.54, 1.807) is 51.1 Å². The number of carbonyl (C=O) groups excluding carboxylic acids is 2. The molecule has 0 radical (unpaired) electrons. The second-order valence-corrected chi connectivity index (χ2v) is 9.97. The maximum absolute atomic E-state index is 13.2. The molecule has 38 heavy (non-hydrogen) atoms. The van der Waals surface area contributed by atoms with Crippen molar-refractivity contribution in [1.82, 2.24) is 9.80 Å². The van der Waals surface area contributed by atoms with Crippen LogP contribution in [0.15, 0.2) is 48.5 Å². The van der Waals surface area contributed by atoms with Crippen LogP contribution in [0.25, 0.3) is 0 Å². The van der Waals surface area contributed by atoms with E-state index in [1.807, 2.05) is 0 Å². The van der Waals surface area contributed by atoms with Gasteiger partial charge in [-0.1, -0.05) is 30.3 Å². The largest absolute Gasteiger partial charge is 0.444 e. The van der Waals surface area contributed by atoms with E-state index in [0.29, 0.717) is 17.7 Å². The van der Waals surface area contributed by atoms with E-state index in [1.165, 1.54) is 16.8 Å². The maximum Gasteiger partial charge on any atom is 0.416 e. The van der Waals surface area contributed by atoms with Crippen LogP contribution in [0, 0.1) is 0 Å². The first-order chi connectivity index (χ1) is 17.5. The number of carbonyl (C=O) groups is 2. The van der Waals surface area contributed by atoms with Crippen LogP contribution in [0.1, 0.15) is 49.1 Å². The molecular formula is C26H28F6N2O4. The molecule has 0 spiro atoms. The molecule has 1 aliphatic rings. The first-order valence-corrected chi connectivity index (χ1v) is 11.6. The van der Waals surface area contributed by atoms with E-state index in [0.717, 1.165) is 0 Å². The van der Waals surface area contributed by atoms with Gasteiger partial charge >= 0.3 is 18.4 Å². The summed E-state index contributed by atoms with van der Waals surface area (Å²) in [5.41, 5.74) is -3.44. The number of benzene rings is 2. The number of alkyl halides is 6. The summed E-state index contributed by atoms with van der Waals surface area (Å²) in [5.74, 6) is -0.435. The molecule has 2 amide bonds. The second-order valence-electron chi connectivity index (χ2n) is 9.97. The van der Waals surface area contributed by atoms with E-state index in [2.05, 4.69) is 0 Å². The van der Waals surface area contributed by atoms with Crippen molar-refractivity contribution in [2.24, 2.45) is 0 Å². The van der Waals surface area contributed by atoms with Gasteiger partial charge in [-0.3, -0.25) is 9.69 Å². The first kappa shape index (κ1) is 29.3. The van der Waals surface area contributed by atoms with Crippen molar-refractivity contribution in [2.45, 2.75) is 57.4 Å². The zero-order valence-corrected chi connectivity index (χ0v) is 21.2. The lowest BCUT2D eigenvalue weighted by molar-refractivity contribution is -0.145. The monoisotopic (exact) mass is 546 g/mol. The molecule has 208 valence electrons. The molecule has 2 aromatic rings. The van der Waals surface area contributed by atoms with Gasteiger partial charge in [-0.05, 0) is 50.1 Å². The van der Waals surface area contributed by atoms with Gasteiger partial charge in [0.1, 0.15) is 12.1 Å². The minimum absolute atomic E-state index is 0.0429. The third-order valence-corrected chi connectivity index (χ3v) is 5.87. The van der Waals surface area contributed by atoms with Crippen LogP contribution in [0.2, 0.25) is 0 Å². The quantitative estimate of drug-likeness (QED) is 0.428. The molecule has 2 atom stereocenters. The van der Waals surface area contributed by atoms with Gasteiger partial charge in [-0.2, -0.15) is 26.3 Å². The van der Waals surface area contributed by atoms with Crippen molar-refractivity contribution < 1.29 is 45.4 Å². The molecule has 0 N–H and O–H groups in total. The van der Waals surface area contributed by atoms with Crippen molar-refractivity contribution in [3.8, 4) is 0 Å². The molecule has 0 saturated carbocycles. The molecule has 0 aliphatic carbocycles. The SMILES string of the molecule is CN1C(=O)CN(C(=O)OC(C)(C)C)[C@@H](c2ccccc2)[C@H]1COCc1cc(C(F)(F)F)cc(C(F)(F)F)c1. The fourth-order valence-corrected chi connectivity index (χ4v) is 4.11. The van der Waals surface area contributed by atoms with Crippen molar-refractivity contribution >= 4 is 12.0 Å². The topological polar surface area (TPSA) is 59.1 Å². The molecule has 0 unspecified atom stereocenters. The summed E-state index contributed by atoms with van der Waals surface area (Å²) in [6, 6.07) is 8.37. The molecule has 1 fully saturated rings. The van der Waals surface area contributed by atoms with Gasteiger partial charge < -0.3 is 14.4 Å². The number of ether oxygens (including phenoxy) is 2. The Morgan fingerprint density at radius 1 is 0.947 bits per heavy atom. The number of hydrogen-bond donors (Lipinski definition) is 0. The van der Waals surface area contributed by atoms with Gasteiger partial charge in [0.2, 0.25) is 5.91 Å². The highest BCUT2D eigenvalue weighted by Crippen LogP contribution is 2.37. The summed E-state index contributed by atoms with van der Waals surface area (Å²) in [6.45, 7) is 3.86. The van der Waals surface area contributed by atoms with E-state index in [4.69, 9.17) is 9.47 Å². The molecule has 12 heteroatoms. The summed E-state index contributed by atoms with van der Waals surface area (Å²) in [5, 5.41) is 0. The van der Waals surface area contributed by atoms with Crippen LogP contribution in [0.5, 0.6) is 0 Å². The second kappa shape index (κ2) is 10.8. The number of amides is 2. The Balaban J connectivity index is 1.90. The lowest BCUT2D eigenvalue weighted by Crippen LogP contribution is -2.60. The normalized spacial score (nSPS) is 19.1. The van der Waals surface area contributed by atoms with Gasteiger partial charge in [0.15, 0.2) is 0 Å². The fraction of sp³-hybridized carbons (Fsp3) is 0.462. The third-order valence-electron chi connectivity index (χ3n) is 5.87. The van der Waals surface area contributed by atoms with Gasteiger partial charge in [0.25, 0.3) is 0 Å². The highest BCUT2D eigenvalue weighted by atomic mass is 19.4. The van der Waals surface area contributed by atoms with E-state index < -0.39 is 59.8 Å². The predicted octanol–water partition coefficient (Wildman–Crippen LogP) is 6.06. The number of likely N-dealkylation sites (N-methyl/N-ethyl adjacent to an activating group) is 1. The van der Waals surface area contributed by atoms with Crippen LogP contribution < -0.4 is 0 Å². The number of halogens is 6. The van der Waals surface area contributed by atoms with Gasteiger partial charge in [-0.25, -0.2) is 4.79 Å². The molecule has 1 saturated heterocycles. The zero-order chi connectivity index (χ0) is 28.5. The Kier molecular flexibility index (Phi) is 8.35. The van der Waals surface area contributed by atoms with Gasteiger partial charge in [0, 0.05) is 7.05 Å². The predicted molar refractivity (Wildman–Crippen MR) is 125 cm³/mol. The van der Waals surface area contributed by atoms with Crippen LogP contribution in [0.3, 0.4) is 0 Å². The Morgan fingerprint density at radius 3 is 2.00 bits per heavy atom. The molecule has 0 aromatic heterocycles. The highest BCUT2D eigenvalue weighted by molar-refractivity contribution is 5.84. The molecule has 1 heterocycles. The van der Waals surface area contributed by atoms with E-state index in [-0.39, 0.29) is 24.8 Å². The Morgan fingerprint density at radius 2 is 1.50 bits per heavy atom. The van der Waals surface area contributed by atoms with Crippen molar-refractivity contribution in [1.29, 1.82) is 0 Å². The third kappa shape index (κ3) is 7.18. The Labute approximate surface area is 216 Å². The average Bonchev–Trinajstić information content (AvgIpc) is 2.79. The van der Waals surface area contributed by atoms with E-state index >= 15 is 0 Å². The molecule has 2 aromatic carbocycles. The Bertz CT molecular complexity index is 1110. The van der Waals surface area contributed by atoms with Gasteiger partial charge in [0.05, 0.1) is 36.4 Å².